The van der Waals surface area contributed by atoms with E-state index in [-0.39, 0.29) is 0 Å². The first-order chi connectivity index (χ1) is 9.81. The molecule has 0 aliphatic carbocycles. The summed E-state index contributed by atoms with van der Waals surface area (Å²) in [6, 6.07) is 0.873. The fourth-order valence-electron chi connectivity index (χ4n) is 4.88. The van der Waals surface area contributed by atoms with Crippen molar-refractivity contribution in [2.45, 2.75) is 57.9 Å². The van der Waals surface area contributed by atoms with Gasteiger partial charge in [0.15, 0.2) is 0 Å². The van der Waals surface area contributed by atoms with Crippen LogP contribution in [0.2, 0.25) is 0 Å². The van der Waals surface area contributed by atoms with E-state index in [1.165, 1.54) is 90.8 Å². The second-order valence-electron chi connectivity index (χ2n) is 7.42. The molecule has 0 spiro atoms. The molecule has 3 saturated heterocycles. The Hall–Kier alpha value is -0.120. The van der Waals surface area contributed by atoms with E-state index in [9.17, 15) is 0 Å². The summed E-state index contributed by atoms with van der Waals surface area (Å²) in [5.74, 6) is 0. The number of piperidine rings is 1. The van der Waals surface area contributed by atoms with Crippen LogP contribution < -0.4 is 5.32 Å². The van der Waals surface area contributed by atoms with E-state index in [1.807, 2.05) is 0 Å². The molecule has 116 valence electrons. The van der Waals surface area contributed by atoms with Gasteiger partial charge in [-0.3, -0.25) is 4.90 Å². The van der Waals surface area contributed by atoms with Gasteiger partial charge in [-0.05, 0) is 76.7 Å². The third-order valence-electron chi connectivity index (χ3n) is 5.89. The van der Waals surface area contributed by atoms with E-state index in [1.54, 1.807) is 0 Å². The molecule has 0 saturated carbocycles. The van der Waals surface area contributed by atoms with Gasteiger partial charge >= 0.3 is 0 Å². The zero-order valence-electron chi connectivity index (χ0n) is 13.4. The van der Waals surface area contributed by atoms with Crippen molar-refractivity contribution in [3.05, 3.63) is 0 Å². The molecule has 3 rings (SSSR count). The summed E-state index contributed by atoms with van der Waals surface area (Å²) in [5, 5.41) is 3.56. The number of nitrogens with zero attached hydrogens (tertiary/aromatic N) is 2. The summed E-state index contributed by atoms with van der Waals surface area (Å²) in [7, 11) is 0. The van der Waals surface area contributed by atoms with Crippen LogP contribution in [0.25, 0.3) is 0 Å². The van der Waals surface area contributed by atoms with E-state index in [2.05, 4.69) is 22.0 Å². The van der Waals surface area contributed by atoms with Crippen LogP contribution in [-0.4, -0.2) is 61.7 Å². The highest BCUT2D eigenvalue weighted by Gasteiger charge is 2.35. The largest absolute Gasteiger partial charge is 0.317 e. The number of hydrogen-bond acceptors (Lipinski definition) is 3. The summed E-state index contributed by atoms with van der Waals surface area (Å²) >= 11 is 0. The smallest absolute Gasteiger partial charge is 0.0223 e. The van der Waals surface area contributed by atoms with E-state index in [4.69, 9.17) is 0 Å². The van der Waals surface area contributed by atoms with Gasteiger partial charge in [-0.25, -0.2) is 0 Å². The summed E-state index contributed by atoms with van der Waals surface area (Å²) in [5.41, 5.74) is 0.619. The van der Waals surface area contributed by atoms with E-state index in [0.717, 1.165) is 6.04 Å². The molecular weight excluding hydrogens is 246 g/mol. The topological polar surface area (TPSA) is 18.5 Å². The van der Waals surface area contributed by atoms with Gasteiger partial charge < -0.3 is 10.2 Å². The van der Waals surface area contributed by atoms with Crippen LogP contribution in [0.15, 0.2) is 0 Å². The number of hydrogen-bond donors (Lipinski definition) is 1. The zero-order chi connectivity index (χ0) is 13.8. The minimum atomic E-state index is 0.619. The molecule has 0 aromatic heterocycles. The Kier molecular flexibility index (Phi) is 5.00. The molecule has 1 atom stereocenters. The van der Waals surface area contributed by atoms with Crippen molar-refractivity contribution in [2.75, 3.05) is 45.8 Å². The van der Waals surface area contributed by atoms with Crippen molar-refractivity contribution in [3.8, 4) is 0 Å². The lowest BCUT2D eigenvalue weighted by molar-refractivity contribution is 0.0952. The molecule has 0 aromatic rings. The second kappa shape index (κ2) is 6.76. The average molecular weight is 279 g/mol. The van der Waals surface area contributed by atoms with Crippen molar-refractivity contribution >= 4 is 0 Å². The minimum Gasteiger partial charge on any atom is -0.317 e. The van der Waals surface area contributed by atoms with Crippen LogP contribution in [0.4, 0.5) is 0 Å². The fourth-order valence-corrected chi connectivity index (χ4v) is 4.88. The molecule has 0 radical (unpaired) electrons. The molecule has 3 aliphatic rings. The lowest BCUT2D eigenvalue weighted by Gasteiger charge is -2.42. The molecule has 3 heteroatoms. The molecule has 0 aromatic carbocycles. The third kappa shape index (κ3) is 3.37. The van der Waals surface area contributed by atoms with Crippen LogP contribution in [0.5, 0.6) is 0 Å². The first kappa shape index (κ1) is 14.8. The van der Waals surface area contributed by atoms with Gasteiger partial charge in [0.1, 0.15) is 0 Å². The number of nitrogens with one attached hydrogen (secondary N) is 1. The maximum absolute atomic E-state index is 3.56. The molecular formula is C17H33N3. The summed E-state index contributed by atoms with van der Waals surface area (Å²) < 4.78 is 0. The number of rotatable bonds is 4. The molecule has 0 amide bonds. The van der Waals surface area contributed by atoms with Crippen LogP contribution in [0.3, 0.4) is 0 Å². The standard InChI is InChI=1S/C17H33N3/c1-2-6-17(7-9-18-10-8-17)15-19-11-4-13-20-12-3-5-16(20)14-19/h16,18H,2-15H2,1H3. The quantitative estimate of drug-likeness (QED) is 0.852. The van der Waals surface area contributed by atoms with Gasteiger partial charge in [0.05, 0.1) is 0 Å². The molecule has 3 heterocycles. The monoisotopic (exact) mass is 279 g/mol. The molecule has 3 fully saturated rings. The Labute approximate surface area is 125 Å². The van der Waals surface area contributed by atoms with Crippen molar-refractivity contribution in [3.63, 3.8) is 0 Å². The SMILES string of the molecule is CCCC1(CN2CCCN3CCCC3C2)CCNCC1. The van der Waals surface area contributed by atoms with Gasteiger partial charge in [-0.1, -0.05) is 13.3 Å². The third-order valence-corrected chi connectivity index (χ3v) is 5.89. The Balaban J connectivity index is 1.61. The van der Waals surface area contributed by atoms with Crippen molar-refractivity contribution in [1.29, 1.82) is 0 Å². The summed E-state index contributed by atoms with van der Waals surface area (Å²) in [6.07, 6.45) is 9.83. The van der Waals surface area contributed by atoms with Crippen molar-refractivity contribution < 1.29 is 0 Å². The van der Waals surface area contributed by atoms with Crippen molar-refractivity contribution in [2.24, 2.45) is 5.41 Å². The minimum absolute atomic E-state index is 0.619. The van der Waals surface area contributed by atoms with Gasteiger partial charge in [-0.15, -0.1) is 0 Å². The average Bonchev–Trinajstić information content (AvgIpc) is 2.79. The number of fused-ring (bicyclic) bond motifs is 1. The van der Waals surface area contributed by atoms with Gasteiger partial charge in [-0.2, -0.15) is 0 Å². The summed E-state index contributed by atoms with van der Waals surface area (Å²) in [6.45, 7) is 11.6. The molecule has 3 aliphatic heterocycles. The van der Waals surface area contributed by atoms with Gasteiger partial charge in [0, 0.05) is 19.1 Å². The van der Waals surface area contributed by atoms with E-state index < -0.39 is 0 Å². The van der Waals surface area contributed by atoms with Crippen LogP contribution in [0, 0.1) is 5.41 Å². The molecule has 1 unspecified atom stereocenters. The van der Waals surface area contributed by atoms with Crippen LogP contribution in [0.1, 0.15) is 51.9 Å². The van der Waals surface area contributed by atoms with Crippen LogP contribution in [-0.2, 0) is 0 Å². The highest BCUT2D eigenvalue weighted by Crippen LogP contribution is 2.35. The zero-order valence-corrected chi connectivity index (χ0v) is 13.4. The second-order valence-corrected chi connectivity index (χ2v) is 7.42. The molecule has 3 nitrogen and oxygen atoms in total. The normalized spacial score (nSPS) is 31.9. The maximum atomic E-state index is 3.56. The molecule has 20 heavy (non-hydrogen) atoms. The lowest BCUT2D eigenvalue weighted by Crippen LogP contribution is -2.46. The summed E-state index contributed by atoms with van der Waals surface area (Å²) in [4.78, 5) is 5.59. The molecule has 0 bridgehead atoms. The Bertz CT molecular complexity index is 293. The van der Waals surface area contributed by atoms with Crippen LogP contribution >= 0.6 is 0 Å². The Morgan fingerprint density at radius 2 is 1.90 bits per heavy atom. The van der Waals surface area contributed by atoms with Gasteiger partial charge in [0.2, 0.25) is 0 Å². The highest BCUT2D eigenvalue weighted by molar-refractivity contribution is 4.91. The lowest BCUT2D eigenvalue weighted by atomic mass is 9.75. The maximum Gasteiger partial charge on any atom is 0.0223 e. The van der Waals surface area contributed by atoms with Gasteiger partial charge in [0.25, 0.3) is 0 Å². The predicted molar refractivity (Wildman–Crippen MR) is 85.1 cm³/mol. The Morgan fingerprint density at radius 3 is 2.70 bits per heavy atom. The fraction of sp³-hybridized carbons (Fsp3) is 1.00. The first-order valence-corrected chi connectivity index (χ1v) is 8.98. The van der Waals surface area contributed by atoms with E-state index in [0.29, 0.717) is 5.41 Å². The molecule has 1 N–H and O–H groups in total. The Morgan fingerprint density at radius 1 is 1.10 bits per heavy atom. The van der Waals surface area contributed by atoms with E-state index >= 15 is 0 Å². The van der Waals surface area contributed by atoms with Crippen molar-refractivity contribution in [1.82, 2.24) is 15.1 Å². The predicted octanol–water partition coefficient (Wildman–Crippen LogP) is 2.33. The first-order valence-electron chi connectivity index (χ1n) is 8.98. The highest BCUT2D eigenvalue weighted by atomic mass is 15.3.